The Balaban J connectivity index is 1.53. The fourth-order valence-corrected chi connectivity index (χ4v) is 3.30. The highest BCUT2D eigenvalue weighted by Gasteiger charge is 2.17. The van der Waals surface area contributed by atoms with Gasteiger partial charge in [-0.2, -0.15) is 0 Å². The van der Waals surface area contributed by atoms with Crippen molar-refractivity contribution in [3.63, 3.8) is 0 Å². The lowest BCUT2D eigenvalue weighted by molar-refractivity contribution is -0.119. The number of piperidine rings is 1. The molecular weight excluding hydrogens is 236 g/mol. The van der Waals surface area contributed by atoms with Gasteiger partial charge in [0.05, 0.1) is 11.9 Å². The van der Waals surface area contributed by atoms with Crippen LogP contribution in [-0.2, 0) is 9.53 Å². The molecule has 2 heterocycles. The predicted octanol–water partition coefficient (Wildman–Crippen LogP) is 0.767. The van der Waals surface area contributed by atoms with Crippen molar-refractivity contribution in [3.05, 3.63) is 0 Å². The largest absolute Gasteiger partial charge is 0.376 e. The van der Waals surface area contributed by atoms with Gasteiger partial charge >= 0.3 is 0 Å². The normalized spacial score (nSPS) is 26.0. The Hall–Kier alpha value is -0.260. The summed E-state index contributed by atoms with van der Waals surface area (Å²) < 4.78 is 5.47. The molecule has 0 saturated carbocycles. The SMILES string of the molecule is O=C(CSC1CCNCC1)NCC1CCCO1. The molecule has 0 radical (unpaired) electrons. The second kappa shape index (κ2) is 7.24. The van der Waals surface area contributed by atoms with E-state index < -0.39 is 0 Å². The molecule has 2 rings (SSSR count). The van der Waals surface area contributed by atoms with Crippen molar-refractivity contribution in [2.75, 3.05) is 32.0 Å². The first-order valence-electron chi connectivity index (χ1n) is 6.55. The maximum atomic E-state index is 11.6. The summed E-state index contributed by atoms with van der Waals surface area (Å²) in [6, 6.07) is 0. The molecular formula is C12H22N2O2S. The number of rotatable bonds is 5. The summed E-state index contributed by atoms with van der Waals surface area (Å²) >= 11 is 1.80. The van der Waals surface area contributed by atoms with Gasteiger partial charge in [0.15, 0.2) is 0 Å². The molecule has 2 saturated heterocycles. The fourth-order valence-electron chi connectivity index (χ4n) is 2.24. The maximum absolute atomic E-state index is 11.6. The summed E-state index contributed by atoms with van der Waals surface area (Å²) in [6.45, 7) is 3.72. The summed E-state index contributed by atoms with van der Waals surface area (Å²) in [4.78, 5) is 11.6. The van der Waals surface area contributed by atoms with Crippen LogP contribution in [0.1, 0.15) is 25.7 Å². The lowest BCUT2D eigenvalue weighted by Crippen LogP contribution is -2.34. The number of hydrogen-bond donors (Lipinski definition) is 2. The third-order valence-corrected chi connectivity index (χ3v) is 4.66. The van der Waals surface area contributed by atoms with Crippen LogP contribution < -0.4 is 10.6 Å². The summed E-state index contributed by atoms with van der Waals surface area (Å²) in [5.41, 5.74) is 0. The van der Waals surface area contributed by atoms with Crippen molar-refractivity contribution in [2.24, 2.45) is 0 Å². The summed E-state index contributed by atoms with van der Waals surface area (Å²) in [5, 5.41) is 6.96. The Morgan fingerprint density at radius 2 is 2.18 bits per heavy atom. The fraction of sp³-hybridized carbons (Fsp3) is 0.917. The molecule has 0 bridgehead atoms. The average molecular weight is 258 g/mol. The van der Waals surface area contributed by atoms with Crippen LogP contribution >= 0.6 is 11.8 Å². The zero-order valence-electron chi connectivity index (χ0n) is 10.2. The molecule has 0 aromatic heterocycles. The highest BCUT2D eigenvalue weighted by molar-refractivity contribution is 8.00. The van der Waals surface area contributed by atoms with E-state index in [0.717, 1.165) is 32.5 Å². The second-order valence-electron chi connectivity index (χ2n) is 4.70. The van der Waals surface area contributed by atoms with Gasteiger partial charge in [-0.15, -0.1) is 11.8 Å². The van der Waals surface area contributed by atoms with Crippen LogP contribution in [-0.4, -0.2) is 49.3 Å². The summed E-state index contributed by atoms with van der Waals surface area (Å²) in [5.74, 6) is 0.751. The van der Waals surface area contributed by atoms with Gasteiger partial charge in [0, 0.05) is 18.4 Å². The van der Waals surface area contributed by atoms with E-state index in [1.165, 1.54) is 12.8 Å². The van der Waals surface area contributed by atoms with Gasteiger partial charge in [0.1, 0.15) is 0 Å². The summed E-state index contributed by atoms with van der Waals surface area (Å²) in [7, 11) is 0. The van der Waals surface area contributed by atoms with Crippen molar-refractivity contribution >= 4 is 17.7 Å². The van der Waals surface area contributed by atoms with Gasteiger partial charge in [-0.1, -0.05) is 0 Å². The first-order valence-corrected chi connectivity index (χ1v) is 7.60. The molecule has 2 N–H and O–H groups in total. The number of nitrogens with one attached hydrogen (secondary N) is 2. The van der Waals surface area contributed by atoms with E-state index in [1.54, 1.807) is 11.8 Å². The number of thioether (sulfide) groups is 1. The smallest absolute Gasteiger partial charge is 0.230 e. The van der Waals surface area contributed by atoms with Gasteiger partial charge in [-0.25, -0.2) is 0 Å². The standard InChI is InChI=1S/C12H22N2O2S/c15-12(14-8-10-2-1-7-16-10)9-17-11-3-5-13-6-4-11/h10-11,13H,1-9H2,(H,14,15). The first-order chi connectivity index (χ1) is 8.34. The molecule has 1 unspecified atom stereocenters. The molecule has 17 heavy (non-hydrogen) atoms. The summed E-state index contributed by atoms with van der Waals surface area (Å²) in [6.07, 6.45) is 4.84. The Bertz CT molecular complexity index is 239. The van der Waals surface area contributed by atoms with E-state index in [4.69, 9.17) is 4.74 Å². The number of hydrogen-bond acceptors (Lipinski definition) is 4. The predicted molar refractivity (Wildman–Crippen MR) is 70.3 cm³/mol. The molecule has 1 amide bonds. The van der Waals surface area contributed by atoms with Crippen LogP contribution in [0, 0.1) is 0 Å². The van der Waals surface area contributed by atoms with Crippen molar-refractivity contribution in [1.82, 2.24) is 10.6 Å². The molecule has 98 valence electrons. The van der Waals surface area contributed by atoms with Crippen LogP contribution in [0.3, 0.4) is 0 Å². The molecule has 2 aliphatic heterocycles. The first kappa shape index (κ1) is 13.2. The minimum absolute atomic E-state index is 0.157. The van der Waals surface area contributed by atoms with Gasteiger partial charge < -0.3 is 15.4 Å². The number of amides is 1. The Morgan fingerprint density at radius 1 is 1.35 bits per heavy atom. The molecule has 0 spiro atoms. The van der Waals surface area contributed by atoms with Gasteiger partial charge in [0.2, 0.25) is 5.91 Å². The molecule has 5 heteroatoms. The van der Waals surface area contributed by atoms with E-state index in [0.29, 0.717) is 17.5 Å². The third-order valence-electron chi connectivity index (χ3n) is 3.29. The Morgan fingerprint density at radius 3 is 2.88 bits per heavy atom. The van der Waals surface area contributed by atoms with Crippen molar-refractivity contribution in [2.45, 2.75) is 37.0 Å². The van der Waals surface area contributed by atoms with Gasteiger partial charge in [0.25, 0.3) is 0 Å². The van der Waals surface area contributed by atoms with Crippen LogP contribution in [0.15, 0.2) is 0 Å². The number of ether oxygens (including phenoxy) is 1. The molecule has 1 atom stereocenters. The van der Waals surface area contributed by atoms with Crippen molar-refractivity contribution in [1.29, 1.82) is 0 Å². The van der Waals surface area contributed by atoms with Crippen LogP contribution in [0.2, 0.25) is 0 Å². The molecule has 0 aromatic rings. The Labute approximate surface area is 107 Å². The van der Waals surface area contributed by atoms with Gasteiger partial charge in [-0.05, 0) is 38.8 Å². The van der Waals surface area contributed by atoms with Crippen molar-refractivity contribution in [3.8, 4) is 0 Å². The quantitative estimate of drug-likeness (QED) is 0.765. The Kier molecular flexibility index (Phi) is 5.61. The molecule has 4 nitrogen and oxygen atoms in total. The van der Waals surface area contributed by atoms with Gasteiger partial charge in [-0.3, -0.25) is 4.79 Å². The van der Waals surface area contributed by atoms with Crippen LogP contribution in [0.4, 0.5) is 0 Å². The minimum Gasteiger partial charge on any atom is -0.376 e. The lowest BCUT2D eigenvalue weighted by Gasteiger charge is -2.21. The van der Waals surface area contributed by atoms with E-state index in [9.17, 15) is 4.79 Å². The third kappa shape index (κ3) is 4.85. The molecule has 2 fully saturated rings. The monoisotopic (exact) mass is 258 g/mol. The minimum atomic E-state index is 0.157. The average Bonchev–Trinajstić information content (AvgIpc) is 2.88. The number of carbonyl (C=O) groups excluding carboxylic acids is 1. The van der Waals surface area contributed by atoms with E-state index in [1.807, 2.05) is 0 Å². The zero-order chi connectivity index (χ0) is 11.9. The zero-order valence-corrected chi connectivity index (χ0v) is 11.1. The highest BCUT2D eigenvalue weighted by Crippen LogP contribution is 2.19. The number of carbonyl (C=O) groups is 1. The maximum Gasteiger partial charge on any atom is 0.230 e. The van der Waals surface area contributed by atoms with Crippen LogP contribution in [0.25, 0.3) is 0 Å². The molecule has 0 aromatic carbocycles. The second-order valence-corrected chi connectivity index (χ2v) is 5.99. The van der Waals surface area contributed by atoms with E-state index in [2.05, 4.69) is 10.6 Å². The highest BCUT2D eigenvalue weighted by atomic mass is 32.2. The molecule has 0 aliphatic carbocycles. The topological polar surface area (TPSA) is 50.4 Å². The van der Waals surface area contributed by atoms with E-state index in [-0.39, 0.29) is 12.0 Å². The lowest BCUT2D eigenvalue weighted by atomic mass is 10.2. The van der Waals surface area contributed by atoms with Crippen molar-refractivity contribution < 1.29 is 9.53 Å². The molecule has 2 aliphatic rings. The van der Waals surface area contributed by atoms with E-state index >= 15 is 0 Å². The van der Waals surface area contributed by atoms with Crippen LogP contribution in [0.5, 0.6) is 0 Å².